The summed E-state index contributed by atoms with van der Waals surface area (Å²) in [5, 5.41) is 27.7. The van der Waals surface area contributed by atoms with Crippen molar-refractivity contribution in [1.82, 2.24) is 20.9 Å². The molecule has 0 spiro atoms. The van der Waals surface area contributed by atoms with Crippen LogP contribution in [0, 0.1) is 0 Å². The number of para-hydroxylation sites is 1. The number of unbranched alkanes of at least 4 members (excludes halogenated alkanes) is 1. The lowest BCUT2D eigenvalue weighted by Crippen LogP contribution is -2.58. The molecule has 0 saturated heterocycles. The first kappa shape index (κ1) is 34.0. The number of guanidine groups is 1. The van der Waals surface area contributed by atoms with Gasteiger partial charge < -0.3 is 54.1 Å². The number of aliphatic hydroxyl groups excluding tert-OH is 1. The maximum atomic E-state index is 13.6. The average molecular weight is 590 g/mol. The maximum Gasteiger partial charge on any atom is 0.328 e. The number of amides is 3. The molecule has 232 valence electrons. The van der Waals surface area contributed by atoms with Crippen LogP contribution in [-0.2, 0) is 25.6 Å². The molecule has 15 heteroatoms. The molecule has 15 nitrogen and oxygen atoms in total. The Morgan fingerprint density at radius 1 is 0.952 bits per heavy atom. The average Bonchev–Trinajstić information content (AvgIpc) is 3.35. The van der Waals surface area contributed by atoms with Crippen molar-refractivity contribution in [1.29, 1.82) is 0 Å². The van der Waals surface area contributed by atoms with Gasteiger partial charge in [-0.3, -0.25) is 19.4 Å². The maximum absolute atomic E-state index is 13.6. The number of carboxylic acids is 1. The largest absolute Gasteiger partial charge is 0.480 e. The number of rotatable bonds is 18. The summed E-state index contributed by atoms with van der Waals surface area (Å²) >= 11 is 0. The van der Waals surface area contributed by atoms with Crippen molar-refractivity contribution < 1.29 is 29.4 Å². The minimum absolute atomic E-state index is 0.0725. The van der Waals surface area contributed by atoms with Crippen molar-refractivity contribution in [2.24, 2.45) is 27.9 Å². The second-order valence-corrected chi connectivity index (χ2v) is 10.1. The molecule has 1 aromatic carbocycles. The normalized spacial score (nSPS) is 14.7. The van der Waals surface area contributed by atoms with E-state index in [-0.39, 0.29) is 31.8 Å². The number of aliphatic carboxylic acids is 1. The molecule has 14 N–H and O–H groups in total. The zero-order chi connectivity index (χ0) is 31.2. The van der Waals surface area contributed by atoms with Crippen LogP contribution in [-0.4, -0.2) is 88.2 Å². The van der Waals surface area contributed by atoms with Crippen LogP contribution < -0.4 is 38.9 Å². The number of carbonyl (C=O) groups is 4. The van der Waals surface area contributed by atoms with Gasteiger partial charge in [-0.15, -0.1) is 0 Å². The molecule has 0 aliphatic rings. The molecular weight excluding hydrogens is 546 g/mol. The number of carboxylic acid groups (broad SMARTS) is 1. The highest BCUT2D eigenvalue weighted by Crippen LogP contribution is 2.19. The number of fused-ring (bicyclic) bond motifs is 1. The molecule has 2 rings (SSSR count). The van der Waals surface area contributed by atoms with Crippen molar-refractivity contribution in [2.75, 3.05) is 13.1 Å². The van der Waals surface area contributed by atoms with Gasteiger partial charge in [0, 0.05) is 30.1 Å². The van der Waals surface area contributed by atoms with E-state index >= 15 is 0 Å². The molecule has 0 fully saturated rings. The summed E-state index contributed by atoms with van der Waals surface area (Å²) in [7, 11) is 0. The molecule has 1 heterocycles. The van der Waals surface area contributed by atoms with Gasteiger partial charge >= 0.3 is 5.97 Å². The number of nitrogens with zero attached hydrogens (tertiary/aromatic N) is 1. The van der Waals surface area contributed by atoms with Crippen LogP contribution in [0.4, 0.5) is 0 Å². The van der Waals surface area contributed by atoms with E-state index in [9.17, 15) is 29.4 Å². The highest BCUT2D eigenvalue weighted by Gasteiger charge is 2.32. The summed E-state index contributed by atoms with van der Waals surface area (Å²) < 4.78 is 0. The zero-order valence-electron chi connectivity index (χ0n) is 23.7. The molecular formula is C27H43N9O6. The Morgan fingerprint density at radius 2 is 1.62 bits per heavy atom. The minimum atomic E-state index is -1.58. The summed E-state index contributed by atoms with van der Waals surface area (Å²) in [6.07, 6.45) is 2.29. The first-order valence-electron chi connectivity index (χ1n) is 13.8. The van der Waals surface area contributed by atoms with Gasteiger partial charge in [0.2, 0.25) is 17.7 Å². The summed E-state index contributed by atoms with van der Waals surface area (Å²) in [4.78, 5) is 58.2. The van der Waals surface area contributed by atoms with Gasteiger partial charge in [-0.2, -0.15) is 0 Å². The number of hydrogen-bond acceptors (Lipinski definition) is 8. The third kappa shape index (κ3) is 10.6. The number of H-pyrrole nitrogens is 1. The van der Waals surface area contributed by atoms with E-state index in [0.29, 0.717) is 25.8 Å². The molecule has 5 atom stereocenters. The lowest BCUT2D eigenvalue weighted by Gasteiger charge is -2.26. The molecule has 5 unspecified atom stereocenters. The van der Waals surface area contributed by atoms with Crippen molar-refractivity contribution >= 4 is 40.6 Å². The molecule has 0 aliphatic carbocycles. The molecule has 0 saturated carbocycles. The predicted molar refractivity (Wildman–Crippen MR) is 158 cm³/mol. The Kier molecular flexibility index (Phi) is 13.7. The fraction of sp³-hybridized carbons (Fsp3) is 0.519. The van der Waals surface area contributed by atoms with Crippen LogP contribution in [0.1, 0.15) is 44.6 Å². The van der Waals surface area contributed by atoms with Crippen LogP contribution in [0.15, 0.2) is 35.5 Å². The Bertz CT molecular complexity index is 1230. The Labute approximate surface area is 243 Å². The van der Waals surface area contributed by atoms with E-state index in [2.05, 4.69) is 25.9 Å². The molecule has 3 amide bonds. The highest BCUT2D eigenvalue weighted by molar-refractivity contribution is 5.95. The van der Waals surface area contributed by atoms with Gasteiger partial charge in [-0.05, 0) is 57.2 Å². The van der Waals surface area contributed by atoms with E-state index in [1.54, 1.807) is 6.20 Å². The number of nitrogens with one attached hydrogen (secondary N) is 4. The molecule has 42 heavy (non-hydrogen) atoms. The van der Waals surface area contributed by atoms with Crippen molar-refractivity contribution in [3.63, 3.8) is 0 Å². The quantitative estimate of drug-likeness (QED) is 0.0526. The number of hydrogen-bond donors (Lipinski definition) is 10. The summed E-state index contributed by atoms with van der Waals surface area (Å²) in [5.74, 6) is -3.54. The molecule has 1 aromatic heterocycles. The van der Waals surface area contributed by atoms with Crippen LogP contribution in [0.3, 0.4) is 0 Å². The van der Waals surface area contributed by atoms with Crippen LogP contribution in [0.2, 0.25) is 0 Å². The Balaban J connectivity index is 2.27. The number of benzene rings is 1. The highest BCUT2D eigenvalue weighted by atomic mass is 16.4. The number of aromatic amines is 1. The van der Waals surface area contributed by atoms with Crippen LogP contribution in [0.25, 0.3) is 10.9 Å². The summed E-state index contributed by atoms with van der Waals surface area (Å²) in [5.41, 5.74) is 23.9. The topological polar surface area (TPSA) is 277 Å². The SMILES string of the molecule is CC(O)C(NC(=O)C(CCCCN)NC(=O)C(Cc1c[nH]c2ccccc12)NC(=O)C(N)CCCN=C(N)N)C(=O)O. The van der Waals surface area contributed by atoms with E-state index in [0.717, 1.165) is 16.5 Å². The second kappa shape index (κ2) is 16.9. The molecule has 0 radical (unpaired) electrons. The monoisotopic (exact) mass is 589 g/mol. The van der Waals surface area contributed by atoms with E-state index in [4.69, 9.17) is 22.9 Å². The Hall–Kier alpha value is -4.21. The summed E-state index contributed by atoms with van der Waals surface area (Å²) in [6.45, 7) is 1.87. The summed E-state index contributed by atoms with van der Waals surface area (Å²) in [6, 6.07) is 2.64. The standard InChI is InChI=1S/C27H43N9O6/c1-15(37)22(26(41)42)36-24(39)20(10-4-5-11-28)34-25(40)21(13-16-14-33-19-9-3-2-7-17(16)19)35-23(38)18(29)8-6-12-32-27(30)31/h2-3,7,9,14-15,18,20-22,33,37H,4-6,8,10-13,28-29H2,1H3,(H,34,40)(H,35,38)(H,36,39)(H,41,42)(H4,30,31,32). The molecule has 2 aromatic rings. The van der Waals surface area contributed by atoms with E-state index in [1.165, 1.54) is 6.92 Å². The van der Waals surface area contributed by atoms with Gasteiger partial charge in [0.15, 0.2) is 12.0 Å². The van der Waals surface area contributed by atoms with Gasteiger partial charge in [-0.1, -0.05) is 18.2 Å². The van der Waals surface area contributed by atoms with Crippen molar-refractivity contribution in [3.8, 4) is 0 Å². The zero-order valence-corrected chi connectivity index (χ0v) is 23.7. The van der Waals surface area contributed by atoms with E-state index < -0.39 is 54.0 Å². The first-order valence-corrected chi connectivity index (χ1v) is 13.8. The molecule has 0 aliphatic heterocycles. The number of aliphatic hydroxyl groups is 1. The van der Waals surface area contributed by atoms with Crippen molar-refractivity contribution in [2.45, 2.75) is 75.7 Å². The van der Waals surface area contributed by atoms with E-state index in [1.807, 2.05) is 24.3 Å². The van der Waals surface area contributed by atoms with Crippen molar-refractivity contribution in [3.05, 3.63) is 36.0 Å². The van der Waals surface area contributed by atoms with Gasteiger partial charge in [0.25, 0.3) is 0 Å². The number of aromatic nitrogens is 1. The van der Waals surface area contributed by atoms with Gasteiger partial charge in [-0.25, -0.2) is 4.79 Å². The van der Waals surface area contributed by atoms with Gasteiger partial charge in [0.1, 0.15) is 12.1 Å². The number of nitrogens with two attached hydrogens (primary N) is 4. The second-order valence-electron chi connectivity index (χ2n) is 10.1. The fourth-order valence-corrected chi connectivity index (χ4v) is 4.34. The van der Waals surface area contributed by atoms with Gasteiger partial charge in [0.05, 0.1) is 12.1 Å². The number of aliphatic imine (C=N–C) groups is 1. The lowest BCUT2D eigenvalue weighted by atomic mass is 10.0. The third-order valence-electron chi connectivity index (χ3n) is 6.66. The number of carbonyl (C=O) groups excluding carboxylic acids is 3. The third-order valence-corrected chi connectivity index (χ3v) is 6.66. The van der Waals surface area contributed by atoms with Crippen LogP contribution >= 0.6 is 0 Å². The smallest absolute Gasteiger partial charge is 0.328 e. The molecule has 0 bridgehead atoms. The lowest BCUT2D eigenvalue weighted by molar-refractivity contribution is -0.145. The van der Waals surface area contributed by atoms with Crippen LogP contribution in [0.5, 0.6) is 0 Å². The fourth-order valence-electron chi connectivity index (χ4n) is 4.34. The minimum Gasteiger partial charge on any atom is -0.480 e. The predicted octanol–water partition coefficient (Wildman–Crippen LogP) is -1.86. The Morgan fingerprint density at radius 3 is 2.26 bits per heavy atom. The first-order chi connectivity index (χ1) is 19.9.